The molecule has 1 aliphatic rings. The largest absolute Gasteiger partial charge is 0.493 e. The second kappa shape index (κ2) is 7.21. The number of alkyl halides is 3. The van der Waals surface area contributed by atoms with Crippen LogP contribution in [0, 0.1) is 11.8 Å². The van der Waals surface area contributed by atoms with E-state index in [4.69, 9.17) is 14.2 Å². The molecule has 2 aromatic rings. The smallest absolute Gasteiger partial charge is 0.417 e. The summed E-state index contributed by atoms with van der Waals surface area (Å²) in [6, 6.07) is 9.64. The summed E-state index contributed by atoms with van der Waals surface area (Å²) in [7, 11) is 1.59. The van der Waals surface area contributed by atoms with Crippen molar-refractivity contribution in [2.75, 3.05) is 20.3 Å². The molecule has 0 radical (unpaired) electrons. The molecule has 0 N–H and O–H groups in total. The number of methoxy groups -OCH3 is 1. The van der Waals surface area contributed by atoms with Gasteiger partial charge in [-0.2, -0.15) is 13.2 Å². The van der Waals surface area contributed by atoms with Gasteiger partial charge in [-0.25, -0.2) is 4.98 Å². The van der Waals surface area contributed by atoms with E-state index in [0.29, 0.717) is 36.5 Å². The Balaban J connectivity index is 1.43. The Morgan fingerprint density at radius 3 is 2.28 bits per heavy atom. The first-order valence-electron chi connectivity index (χ1n) is 7.89. The maximum Gasteiger partial charge on any atom is 0.417 e. The molecule has 4 nitrogen and oxygen atoms in total. The Hall–Kier alpha value is -2.44. The zero-order valence-corrected chi connectivity index (χ0v) is 13.6. The standard InChI is InChI=1S/C18H18F3NO3/c1-23-15-4-2-3-5-16(15)24-10-12-8-13(12)11-25-17-7-6-14(9-22-17)18(19,20)21/h2-7,9,12-13H,8,10-11H2,1H3. The van der Waals surface area contributed by atoms with Crippen LogP contribution in [0.4, 0.5) is 13.2 Å². The average Bonchev–Trinajstić information content (AvgIpc) is 3.36. The summed E-state index contributed by atoms with van der Waals surface area (Å²) in [5.41, 5.74) is -0.783. The third-order valence-electron chi connectivity index (χ3n) is 4.10. The number of pyridine rings is 1. The van der Waals surface area contributed by atoms with Gasteiger partial charge in [-0.3, -0.25) is 0 Å². The highest BCUT2D eigenvalue weighted by Gasteiger charge is 2.38. The number of ether oxygens (including phenoxy) is 3. The van der Waals surface area contributed by atoms with Crippen LogP contribution in [-0.2, 0) is 6.18 Å². The Labute approximate surface area is 143 Å². The maximum atomic E-state index is 12.5. The zero-order valence-electron chi connectivity index (χ0n) is 13.6. The lowest BCUT2D eigenvalue weighted by Gasteiger charge is -2.10. The van der Waals surface area contributed by atoms with Crippen molar-refractivity contribution in [3.8, 4) is 17.4 Å². The van der Waals surface area contributed by atoms with Gasteiger partial charge in [0.15, 0.2) is 11.5 Å². The number of para-hydroxylation sites is 2. The first-order chi connectivity index (χ1) is 12.0. The molecule has 0 bridgehead atoms. The molecular weight excluding hydrogens is 335 g/mol. The molecule has 7 heteroatoms. The lowest BCUT2D eigenvalue weighted by atomic mass is 10.3. The number of rotatable bonds is 7. The van der Waals surface area contributed by atoms with Crippen LogP contribution in [0.5, 0.6) is 17.4 Å². The highest BCUT2D eigenvalue weighted by atomic mass is 19.4. The summed E-state index contributed by atoms with van der Waals surface area (Å²) >= 11 is 0. The van der Waals surface area contributed by atoms with Gasteiger partial charge < -0.3 is 14.2 Å². The fraction of sp³-hybridized carbons (Fsp3) is 0.389. The van der Waals surface area contributed by atoms with Gasteiger partial charge in [0.05, 0.1) is 25.9 Å². The van der Waals surface area contributed by atoms with Crippen LogP contribution >= 0.6 is 0 Å². The molecule has 1 fully saturated rings. The Bertz CT molecular complexity index is 703. The minimum atomic E-state index is -4.39. The molecule has 0 saturated heterocycles. The Morgan fingerprint density at radius 1 is 1.00 bits per heavy atom. The van der Waals surface area contributed by atoms with Crippen molar-refractivity contribution in [1.82, 2.24) is 4.98 Å². The molecule has 2 unspecified atom stereocenters. The molecule has 134 valence electrons. The first-order valence-corrected chi connectivity index (χ1v) is 7.89. The van der Waals surface area contributed by atoms with E-state index < -0.39 is 11.7 Å². The predicted molar refractivity (Wildman–Crippen MR) is 84.8 cm³/mol. The molecule has 0 amide bonds. The zero-order chi connectivity index (χ0) is 17.9. The van der Waals surface area contributed by atoms with Crippen molar-refractivity contribution in [2.24, 2.45) is 11.8 Å². The summed E-state index contributed by atoms with van der Waals surface area (Å²) in [5.74, 6) is 2.26. The lowest BCUT2D eigenvalue weighted by Crippen LogP contribution is -2.08. The van der Waals surface area contributed by atoms with Gasteiger partial charge in [-0.15, -0.1) is 0 Å². The van der Waals surface area contributed by atoms with E-state index in [1.165, 1.54) is 6.07 Å². The van der Waals surface area contributed by atoms with Crippen LogP contribution in [0.2, 0.25) is 0 Å². The van der Waals surface area contributed by atoms with Crippen molar-refractivity contribution < 1.29 is 27.4 Å². The van der Waals surface area contributed by atoms with Crippen molar-refractivity contribution >= 4 is 0 Å². The SMILES string of the molecule is COc1ccccc1OCC1CC1COc1ccc(C(F)(F)F)cn1. The van der Waals surface area contributed by atoms with E-state index in [1.54, 1.807) is 7.11 Å². The molecule has 0 aliphatic heterocycles. The fourth-order valence-electron chi connectivity index (χ4n) is 2.48. The highest BCUT2D eigenvalue weighted by molar-refractivity contribution is 5.39. The monoisotopic (exact) mass is 353 g/mol. The normalized spacial score (nSPS) is 19.4. The topological polar surface area (TPSA) is 40.6 Å². The molecule has 1 saturated carbocycles. The predicted octanol–water partition coefficient (Wildman–Crippen LogP) is 4.20. The van der Waals surface area contributed by atoms with Crippen molar-refractivity contribution in [1.29, 1.82) is 0 Å². The summed E-state index contributed by atoms with van der Waals surface area (Å²) in [6.07, 6.45) is -2.65. The Morgan fingerprint density at radius 2 is 1.68 bits per heavy atom. The molecule has 25 heavy (non-hydrogen) atoms. The van der Waals surface area contributed by atoms with Crippen molar-refractivity contribution in [3.05, 3.63) is 48.2 Å². The first kappa shape index (κ1) is 17.4. The van der Waals surface area contributed by atoms with Gasteiger partial charge in [-0.1, -0.05) is 12.1 Å². The van der Waals surface area contributed by atoms with Crippen LogP contribution in [0.25, 0.3) is 0 Å². The highest BCUT2D eigenvalue weighted by Crippen LogP contribution is 2.40. The minimum absolute atomic E-state index is 0.198. The Kier molecular flexibility index (Phi) is 5.01. The average molecular weight is 353 g/mol. The molecule has 1 aromatic carbocycles. The van der Waals surface area contributed by atoms with E-state index in [-0.39, 0.29) is 5.88 Å². The second-order valence-corrected chi connectivity index (χ2v) is 5.91. The number of aromatic nitrogens is 1. The second-order valence-electron chi connectivity index (χ2n) is 5.91. The van der Waals surface area contributed by atoms with E-state index in [1.807, 2.05) is 24.3 Å². The number of nitrogens with zero attached hydrogens (tertiary/aromatic N) is 1. The molecule has 0 spiro atoms. The van der Waals surface area contributed by atoms with Crippen LogP contribution < -0.4 is 14.2 Å². The molecule has 2 atom stereocenters. The van der Waals surface area contributed by atoms with Crippen molar-refractivity contribution in [3.63, 3.8) is 0 Å². The molecule has 1 aliphatic carbocycles. The van der Waals surface area contributed by atoms with Gasteiger partial charge >= 0.3 is 6.18 Å². The van der Waals surface area contributed by atoms with Gasteiger partial charge in [0, 0.05) is 12.3 Å². The van der Waals surface area contributed by atoms with Gasteiger partial charge in [0.25, 0.3) is 0 Å². The quantitative estimate of drug-likeness (QED) is 0.748. The van der Waals surface area contributed by atoms with Crippen LogP contribution in [-0.4, -0.2) is 25.3 Å². The molecular formula is C18H18F3NO3. The van der Waals surface area contributed by atoms with Crippen LogP contribution in [0.3, 0.4) is 0 Å². The molecule has 3 rings (SSSR count). The van der Waals surface area contributed by atoms with Crippen LogP contribution in [0.1, 0.15) is 12.0 Å². The summed E-state index contributed by atoms with van der Waals surface area (Å²) in [4.78, 5) is 3.70. The maximum absolute atomic E-state index is 12.5. The third kappa shape index (κ3) is 4.55. The third-order valence-corrected chi connectivity index (χ3v) is 4.10. The van der Waals surface area contributed by atoms with E-state index in [9.17, 15) is 13.2 Å². The van der Waals surface area contributed by atoms with E-state index in [2.05, 4.69) is 4.98 Å². The summed E-state index contributed by atoms with van der Waals surface area (Å²) < 4.78 is 53.9. The van der Waals surface area contributed by atoms with Gasteiger partial charge in [0.2, 0.25) is 5.88 Å². The van der Waals surface area contributed by atoms with E-state index >= 15 is 0 Å². The number of hydrogen-bond donors (Lipinski definition) is 0. The number of halogens is 3. The number of benzene rings is 1. The summed E-state index contributed by atoms with van der Waals surface area (Å²) in [5, 5.41) is 0. The van der Waals surface area contributed by atoms with E-state index in [0.717, 1.165) is 18.7 Å². The molecule has 1 aromatic heterocycles. The van der Waals surface area contributed by atoms with Crippen molar-refractivity contribution in [2.45, 2.75) is 12.6 Å². The summed E-state index contributed by atoms with van der Waals surface area (Å²) in [6.45, 7) is 0.965. The minimum Gasteiger partial charge on any atom is -0.493 e. The van der Waals surface area contributed by atoms with Gasteiger partial charge in [-0.05, 0) is 36.5 Å². The van der Waals surface area contributed by atoms with Gasteiger partial charge in [0.1, 0.15) is 0 Å². The van der Waals surface area contributed by atoms with Crippen LogP contribution in [0.15, 0.2) is 42.6 Å². The molecule has 1 heterocycles. The fourth-order valence-corrected chi connectivity index (χ4v) is 2.48. The number of hydrogen-bond acceptors (Lipinski definition) is 4. The lowest BCUT2D eigenvalue weighted by molar-refractivity contribution is -0.137.